The summed E-state index contributed by atoms with van der Waals surface area (Å²) in [7, 11) is 0. The van der Waals surface area contributed by atoms with E-state index in [0.29, 0.717) is 6.54 Å². The van der Waals surface area contributed by atoms with Crippen LogP contribution in [0.4, 0.5) is 0 Å². The first-order valence-corrected chi connectivity index (χ1v) is 7.45. The van der Waals surface area contributed by atoms with E-state index in [1.807, 2.05) is 12.1 Å². The summed E-state index contributed by atoms with van der Waals surface area (Å²) in [4.78, 5) is 11.8. The predicted molar refractivity (Wildman–Crippen MR) is 82.2 cm³/mol. The molecule has 1 atom stereocenters. The molecule has 100 valence electrons. The molecule has 1 aromatic rings. The SMILES string of the molecule is Cc1cc(Br)ccc1CNC(=O)C1CSCN1.Cl. The predicted octanol–water partition coefficient (Wildman–Crippen LogP) is 2.46. The van der Waals surface area contributed by atoms with E-state index in [9.17, 15) is 4.79 Å². The monoisotopic (exact) mass is 350 g/mol. The molecule has 2 N–H and O–H groups in total. The van der Waals surface area contributed by atoms with Crippen LogP contribution in [0.3, 0.4) is 0 Å². The molecule has 0 bridgehead atoms. The van der Waals surface area contributed by atoms with Gasteiger partial charge in [0.15, 0.2) is 0 Å². The van der Waals surface area contributed by atoms with Gasteiger partial charge in [-0.2, -0.15) is 0 Å². The molecule has 1 unspecified atom stereocenters. The zero-order valence-electron chi connectivity index (χ0n) is 10.0. The van der Waals surface area contributed by atoms with Crippen molar-refractivity contribution in [3.05, 3.63) is 33.8 Å². The van der Waals surface area contributed by atoms with Gasteiger partial charge in [0.25, 0.3) is 0 Å². The van der Waals surface area contributed by atoms with E-state index in [1.54, 1.807) is 11.8 Å². The van der Waals surface area contributed by atoms with Crippen molar-refractivity contribution in [1.29, 1.82) is 0 Å². The van der Waals surface area contributed by atoms with Crippen molar-refractivity contribution in [2.24, 2.45) is 0 Å². The Morgan fingerprint density at radius 2 is 2.39 bits per heavy atom. The molecule has 1 fully saturated rings. The normalized spacial score (nSPS) is 18.2. The number of aryl methyl sites for hydroxylation is 1. The first-order chi connectivity index (χ1) is 8.16. The maximum Gasteiger partial charge on any atom is 0.238 e. The number of carbonyl (C=O) groups excluding carboxylic acids is 1. The van der Waals surface area contributed by atoms with Crippen LogP contribution in [-0.2, 0) is 11.3 Å². The second kappa shape index (κ2) is 7.38. The second-order valence-corrected chi connectivity index (χ2v) is 6.01. The van der Waals surface area contributed by atoms with Crippen LogP contribution < -0.4 is 10.6 Å². The minimum absolute atomic E-state index is 0. The first kappa shape index (κ1) is 15.8. The number of benzene rings is 1. The Kier molecular flexibility index (Phi) is 6.49. The molecule has 1 saturated heterocycles. The van der Waals surface area contributed by atoms with Crippen molar-refractivity contribution in [2.75, 3.05) is 11.6 Å². The molecule has 0 aliphatic carbocycles. The molecular weight excluding hydrogens is 336 g/mol. The van der Waals surface area contributed by atoms with Crippen LogP contribution in [0.2, 0.25) is 0 Å². The van der Waals surface area contributed by atoms with Crippen molar-refractivity contribution in [3.63, 3.8) is 0 Å². The van der Waals surface area contributed by atoms with E-state index in [-0.39, 0.29) is 24.4 Å². The molecule has 1 aromatic carbocycles. The molecule has 2 rings (SSSR count). The van der Waals surface area contributed by atoms with Crippen LogP contribution in [0, 0.1) is 6.92 Å². The summed E-state index contributed by atoms with van der Waals surface area (Å²) in [6.07, 6.45) is 0. The lowest BCUT2D eigenvalue weighted by Crippen LogP contribution is -2.41. The Bertz CT molecular complexity index is 425. The van der Waals surface area contributed by atoms with Crippen LogP contribution in [0.1, 0.15) is 11.1 Å². The van der Waals surface area contributed by atoms with Gasteiger partial charge in [-0.3, -0.25) is 10.1 Å². The molecule has 0 aromatic heterocycles. The smallest absolute Gasteiger partial charge is 0.238 e. The van der Waals surface area contributed by atoms with Crippen molar-refractivity contribution in [2.45, 2.75) is 19.5 Å². The Labute approximate surface area is 126 Å². The molecule has 1 heterocycles. The lowest BCUT2D eigenvalue weighted by molar-refractivity contribution is -0.122. The fourth-order valence-electron chi connectivity index (χ4n) is 1.73. The molecule has 3 nitrogen and oxygen atoms in total. The number of halogens is 2. The number of rotatable bonds is 3. The maximum absolute atomic E-state index is 11.8. The molecule has 18 heavy (non-hydrogen) atoms. The average Bonchev–Trinajstić information content (AvgIpc) is 2.81. The van der Waals surface area contributed by atoms with Gasteiger partial charge in [-0.1, -0.05) is 22.0 Å². The van der Waals surface area contributed by atoms with Crippen molar-refractivity contribution in [1.82, 2.24) is 10.6 Å². The van der Waals surface area contributed by atoms with Crippen LogP contribution in [0.25, 0.3) is 0 Å². The summed E-state index contributed by atoms with van der Waals surface area (Å²) >= 11 is 5.19. The summed E-state index contributed by atoms with van der Waals surface area (Å²) < 4.78 is 1.07. The number of amides is 1. The van der Waals surface area contributed by atoms with E-state index in [4.69, 9.17) is 0 Å². The summed E-state index contributed by atoms with van der Waals surface area (Å²) in [5.74, 6) is 1.83. The van der Waals surface area contributed by atoms with E-state index in [1.165, 1.54) is 5.56 Å². The molecule has 0 spiro atoms. The Morgan fingerprint density at radius 1 is 1.61 bits per heavy atom. The minimum atomic E-state index is -0.0317. The molecule has 1 aliphatic heterocycles. The Balaban J connectivity index is 0.00000162. The van der Waals surface area contributed by atoms with Gasteiger partial charge in [-0.25, -0.2) is 0 Å². The number of carbonyl (C=O) groups is 1. The van der Waals surface area contributed by atoms with Gasteiger partial charge < -0.3 is 5.32 Å². The number of hydrogen-bond acceptors (Lipinski definition) is 3. The van der Waals surface area contributed by atoms with Gasteiger partial charge in [-0.15, -0.1) is 24.2 Å². The van der Waals surface area contributed by atoms with Crippen molar-refractivity contribution in [3.8, 4) is 0 Å². The molecule has 0 saturated carbocycles. The Morgan fingerprint density at radius 3 is 3.00 bits per heavy atom. The summed E-state index contributed by atoms with van der Waals surface area (Å²) in [6.45, 7) is 2.65. The zero-order chi connectivity index (χ0) is 12.3. The third-order valence-corrected chi connectivity index (χ3v) is 4.22. The Hall–Kier alpha value is -0.230. The minimum Gasteiger partial charge on any atom is -0.351 e. The standard InChI is InChI=1S/C12H15BrN2OS.ClH/c1-8-4-10(13)3-2-9(8)5-14-12(16)11-6-17-7-15-11;/h2-4,11,15H,5-7H2,1H3,(H,14,16);1H. The fourth-order valence-corrected chi connectivity index (χ4v) is 3.14. The van der Waals surface area contributed by atoms with E-state index >= 15 is 0 Å². The number of nitrogens with one attached hydrogen (secondary N) is 2. The largest absolute Gasteiger partial charge is 0.351 e. The quantitative estimate of drug-likeness (QED) is 0.879. The van der Waals surface area contributed by atoms with Gasteiger partial charge in [0, 0.05) is 22.6 Å². The summed E-state index contributed by atoms with van der Waals surface area (Å²) in [5, 5.41) is 6.13. The van der Waals surface area contributed by atoms with Crippen LogP contribution in [0.15, 0.2) is 22.7 Å². The van der Waals surface area contributed by atoms with Crippen molar-refractivity contribution < 1.29 is 4.79 Å². The van der Waals surface area contributed by atoms with E-state index < -0.39 is 0 Å². The molecular formula is C12H16BrClN2OS. The highest BCUT2D eigenvalue weighted by atomic mass is 79.9. The number of thioether (sulfide) groups is 1. The highest BCUT2D eigenvalue weighted by Crippen LogP contribution is 2.16. The highest BCUT2D eigenvalue weighted by Gasteiger charge is 2.21. The van der Waals surface area contributed by atoms with E-state index in [2.05, 4.69) is 39.6 Å². The number of hydrogen-bond donors (Lipinski definition) is 2. The second-order valence-electron chi connectivity index (χ2n) is 4.06. The first-order valence-electron chi connectivity index (χ1n) is 5.50. The van der Waals surface area contributed by atoms with Gasteiger partial charge in [0.05, 0.1) is 6.04 Å². The maximum atomic E-state index is 11.8. The fraction of sp³-hybridized carbons (Fsp3) is 0.417. The summed E-state index contributed by atoms with van der Waals surface area (Å²) in [5.41, 5.74) is 2.35. The van der Waals surface area contributed by atoms with Gasteiger partial charge in [0.2, 0.25) is 5.91 Å². The molecule has 1 aliphatic rings. The van der Waals surface area contributed by atoms with Crippen molar-refractivity contribution >= 4 is 46.0 Å². The molecule has 1 amide bonds. The molecule has 0 radical (unpaired) electrons. The third kappa shape index (κ3) is 4.16. The lowest BCUT2D eigenvalue weighted by Gasteiger charge is -2.12. The van der Waals surface area contributed by atoms with Crippen LogP contribution in [0.5, 0.6) is 0 Å². The topological polar surface area (TPSA) is 41.1 Å². The average molecular weight is 352 g/mol. The molecule has 6 heteroatoms. The van der Waals surface area contributed by atoms with Gasteiger partial charge in [-0.05, 0) is 30.2 Å². The lowest BCUT2D eigenvalue weighted by atomic mass is 10.1. The highest BCUT2D eigenvalue weighted by molar-refractivity contribution is 9.10. The van der Waals surface area contributed by atoms with Gasteiger partial charge in [0.1, 0.15) is 0 Å². The van der Waals surface area contributed by atoms with Crippen LogP contribution >= 0.6 is 40.1 Å². The van der Waals surface area contributed by atoms with E-state index in [0.717, 1.165) is 21.7 Å². The van der Waals surface area contributed by atoms with Gasteiger partial charge >= 0.3 is 0 Å². The summed E-state index contributed by atoms with van der Waals surface area (Å²) in [6, 6.07) is 6.07. The third-order valence-electron chi connectivity index (χ3n) is 2.79. The zero-order valence-corrected chi connectivity index (χ0v) is 13.3. The van der Waals surface area contributed by atoms with Crippen LogP contribution in [-0.4, -0.2) is 23.6 Å².